The van der Waals surface area contributed by atoms with E-state index in [2.05, 4.69) is 9.64 Å². The van der Waals surface area contributed by atoms with Gasteiger partial charge in [0.15, 0.2) is 0 Å². The van der Waals surface area contributed by atoms with Crippen LogP contribution in [0, 0.1) is 5.92 Å². The number of piperidine rings is 1. The summed E-state index contributed by atoms with van der Waals surface area (Å²) < 4.78 is 4.63. The molecule has 2 atom stereocenters. The Morgan fingerprint density at radius 3 is 2.81 bits per heavy atom. The Kier molecular flexibility index (Phi) is 4.73. The molecule has 0 bridgehead atoms. The number of likely N-dealkylation sites (tertiary alicyclic amines) is 1. The molecule has 1 aliphatic rings. The number of nitrogens with two attached hydrogens (primary N) is 1. The second-order valence-electron chi connectivity index (χ2n) is 4.37. The van der Waals surface area contributed by atoms with Gasteiger partial charge in [0.05, 0.1) is 19.4 Å². The van der Waals surface area contributed by atoms with Crippen LogP contribution in [0.5, 0.6) is 0 Å². The van der Waals surface area contributed by atoms with Crippen LogP contribution in [-0.2, 0) is 14.3 Å². The minimum atomic E-state index is -0.241. The van der Waals surface area contributed by atoms with Crippen molar-refractivity contribution in [2.24, 2.45) is 11.7 Å². The summed E-state index contributed by atoms with van der Waals surface area (Å²) >= 11 is 0. The molecule has 0 spiro atoms. The molecule has 1 amide bonds. The third kappa shape index (κ3) is 3.48. The Hall–Kier alpha value is -1.10. The van der Waals surface area contributed by atoms with Gasteiger partial charge in [-0.1, -0.05) is 0 Å². The Balaban J connectivity index is 2.46. The predicted molar refractivity (Wildman–Crippen MR) is 59.6 cm³/mol. The van der Waals surface area contributed by atoms with Gasteiger partial charge in [-0.25, -0.2) is 0 Å². The number of nitrogens with zero attached hydrogens (tertiary/aromatic N) is 1. The van der Waals surface area contributed by atoms with Gasteiger partial charge in [-0.2, -0.15) is 0 Å². The summed E-state index contributed by atoms with van der Waals surface area (Å²) in [5.41, 5.74) is 5.30. The highest BCUT2D eigenvalue weighted by Gasteiger charge is 2.27. The van der Waals surface area contributed by atoms with E-state index in [-0.39, 0.29) is 23.8 Å². The van der Waals surface area contributed by atoms with Gasteiger partial charge in [0, 0.05) is 12.6 Å². The molecule has 16 heavy (non-hydrogen) atoms. The first-order valence-electron chi connectivity index (χ1n) is 5.64. The van der Waals surface area contributed by atoms with Gasteiger partial charge in [-0.3, -0.25) is 14.5 Å². The summed E-state index contributed by atoms with van der Waals surface area (Å²) in [7, 11) is 1.39. The summed E-state index contributed by atoms with van der Waals surface area (Å²) in [6, 6.07) is 0.106. The Labute approximate surface area is 95.9 Å². The fourth-order valence-corrected chi connectivity index (χ4v) is 2.09. The van der Waals surface area contributed by atoms with Gasteiger partial charge >= 0.3 is 5.97 Å². The maximum atomic E-state index is 11.1. The van der Waals surface area contributed by atoms with E-state index in [0.717, 1.165) is 19.4 Å². The van der Waals surface area contributed by atoms with E-state index < -0.39 is 0 Å². The molecule has 0 aromatic carbocycles. The van der Waals surface area contributed by atoms with Crippen LogP contribution in [0.3, 0.4) is 0 Å². The number of hydrogen-bond acceptors (Lipinski definition) is 4. The molecule has 1 heterocycles. The molecule has 0 radical (unpaired) electrons. The molecular formula is C11H20N2O3. The van der Waals surface area contributed by atoms with Gasteiger partial charge in [0.2, 0.25) is 5.91 Å². The number of ether oxygens (including phenoxy) is 1. The van der Waals surface area contributed by atoms with Crippen LogP contribution in [0.25, 0.3) is 0 Å². The number of carbonyl (C=O) groups is 2. The molecule has 0 saturated carbocycles. The van der Waals surface area contributed by atoms with Crippen molar-refractivity contribution in [2.75, 3.05) is 20.2 Å². The minimum Gasteiger partial charge on any atom is -0.469 e. The number of esters is 1. The van der Waals surface area contributed by atoms with Crippen LogP contribution < -0.4 is 5.73 Å². The Bertz CT molecular complexity index is 268. The van der Waals surface area contributed by atoms with E-state index in [1.807, 2.05) is 6.92 Å². The van der Waals surface area contributed by atoms with Crippen LogP contribution >= 0.6 is 0 Å². The van der Waals surface area contributed by atoms with Crippen molar-refractivity contribution < 1.29 is 14.3 Å². The lowest BCUT2D eigenvalue weighted by atomic mass is 9.96. The summed E-state index contributed by atoms with van der Waals surface area (Å²) in [6.07, 6.45) is 2.18. The van der Waals surface area contributed by atoms with Gasteiger partial charge < -0.3 is 10.5 Å². The fourth-order valence-electron chi connectivity index (χ4n) is 2.09. The Morgan fingerprint density at radius 2 is 2.25 bits per heavy atom. The van der Waals surface area contributed by atoms with Crippen LogP contribution in [0.2, 0.25) is 0 Å². The summed E-state index contributed by atoms with van der Waals surface area (Å²) in [5.74, 6) is -0.530. The number of methoxy groups -OCH3 is 1. The molecule has 1 saturated heterocycles. The molecule has 2 unspecified atom stereocenters. The SMILES string of the molecule is COC(=O)CC(C)N1CCCC(C(N)=O)C1. The maximum absolute atomic E-state index is 11.1. The third-order valence-corrected chi connectivity index (χ3v) is 3.17. The number of primary amides is 1. The highest BCUT2D eigenvalue weighted by atomic mass is 16.5. The van der Waals surface area contributed by atoms with Crippen molar-refractivity contribution in [3.63, 3.8) is 0 Å². The monoisotopic (exact) mass is 228 g/mol. The number of carbonyl (C=O) groups excluding carboxylic acids is 2. The zero-order valence-electron chi connectivity index (χ0n) is 9.94. The molecule has 92 valence electrons. The van der Waals surface area contributed by atoms with Gasteiger partial charge in [0.1, 0.15) is 0 Å². The second-order valence-corrected chi connectivity index (χ2v) is 4.37. The van der Waals surface area contributed by atoms with E-state index in [9.17, 15) is 9.59 Å². The highest BCUT2D eigenvalue weighted by molar-refractivity contribution is 5.77. The predicted octanol–water partition coefficient (Wildman–Crippen LogP) is 0.135. The molecule has 1 rings (SSSR count). The minimum absolute atomic E-state index is 0.0751. The smallest absolute Gasteiger partial charge is 0.307 e. The van der Waals surface area contributed by atoms with Gasteiger partial charge in [-0.15, -0.1) is 0 Å². The second kappa shape index (κ2) is 5.84. The fraction of sp³-hybridized carbons (Fsp3) is 0.818. The van der Waals surface area contributed by atoms with E-state index in [4.69, 9.17) is 5.73 Å². The molecule has 5 heteroatoms. The highest BCUT2D eigenvalue weighted by Crippen LogP contribution is 2.19. The number of amides is 1. The zero-order chi connectivity index (χ0) is 12.1. The molecular weight excluding hydrogens is 208 g/mol. The van der Waals surface area contributed by atoms with E-state index in [1.165, 1.54) is 7.11 Å². The van der Waals surface area contributed by atoms with Crippen LogP contribution in [0.1, 0.15) is 26.2 Å². The van der Waals surface area contributed by atoms with Crippen molar-refractivity contribution in [1.29, 1.82) is 0 Å². The zero-order valence-corrected chi connectivity index (χ0v) is 9.94. The quantitative estimate of drug-likeness (QED) is 0.694. The molecule has 1 fully saturated rings. The van der Waals surface area contributed by atoms with Crippen molar-refractivity contribution in [3.8, 4) is 0 Å². The topological polar surface area (TPSA) is 72.6 Å². The molecule has 0 aromatic rings. The van der Waals surface area contributed by atoms with Crippen LogP contribution in [0.4, 0.5) is 0 Å². The van der Waals surface area contributed by atoms with E-state index >= 15 is 0 Å². The molecule has 5 nitrogen and oxygen atoms in total. The van der Waals surface area contributed by atoms with Crippen molar-refractivity contribution in [1.82, 2.24) is 4.90 Å². The summed E-state index contributed by atoms with van der Waals surface area (Å²) in [5, 5.41) is 0. The number of rotatable bonds is 4. The molecule has 0 aromatic heterocycles. The third-order valence-electron chi connectivity index (χ3n) is 3.17. The first-order valence-corrected chi connectivity index (χ1v) is 5.64. The molecule has 0 aliphatic carbocycles. The maximum Gasteiger partial charge on any atom is 0.307 e. The normalized spacial score (nSPS) is 23.8. The standard InChI is InChI=1S/C11H20N2O3/c1-8(6-10(14)16-2)13-5-3-4-9(7-13)11(12)15/h8-9H,3-7H2,1-2H3,(H2,12,15). The van der Waals surface area contributed by atoms with E-state index in [0.29, 0.717) is 13.0 Å². The average molecular weight is 228 g/mol. The molecule has 2 N–H and O–H groups in total. The van der Waals surface area contributed by atoms with Crippen LogP contribution in [-0.4, -0.2) is 43.0 Å². The lowest BCUT2D eigenvalue weighted by Crippen LogP contribution is -2.45. The van der Waals surface area contributed by atoms with Crippen molar-refractivity contribution >= 4 is 11.9 Å². The molecule has 1 aliphatic heterocycles. The summed E-state index contributed by atoms with van der Waals surface area (Å²) in [4.78, 5) is 24.4. The lowest BCUT2D eigenvalue weighted by Gasteiger charge is -2.35. The first kappa shape index (κ1) is 13.0. The van der Waals surface area contributed by atoms with Gasteiger partial charge in [0.25, 0.3) is 0 Å². The lowest BCUT2D eigenvalue weighted by molar-refractivity contribution is -0.142. The van der Waals surface area contributed by atoms with Crippen LogP contribution in [0.15, 0.2) is 0 Å². The summed E-state index contributed by atoms with van der Waals surface area (Å²) in [6.45, 7) is 3.55. The average Bonchev–Trinajstić information content (AvgIpc) is 2.28. The van der Waals surface area contributed by atoms with E-state index in [1.54, 1.807) is 0 Å². The largest absolute Gasteiger partial charge is 0.469 e. The van der Waals surface area contributed by atoms with Crippen molar-refractivity contribution in [3.05, 3.63) is 0 Å². The van der Waals surface area contributed by atoms with Crippen molar-refractivity contribution in [2.45, 2.75) is 32.2 Å². The van der Waals surface area contributed by atoms with Gasteiger partial charge in [-0.05, 0) is 26.3 Å². The number of hydrogen-bond donors (Lipinski definition) is 1. The first-order chi connectivity index (χ1) is 7.54. The Morgan fingerprint density at radius 1 is 1.56 bits per heavy atom.